The van der Waals surface area contributed by atoms with Gasteiger partial charge in [0.25, 0.3) is 11.7 Å². The summed E-state index contributed by atoms with van der Waals surface area (Å²) in [5.41, 5.74) is 1.89. The number of benzene rings is 2. The highest BCUT2D eigenvalue weighted by molar-refractivity contribution is 6.51. The minimum Gasteiger partial charge on any atom is -0.507 e. The third kappa shape index (κ3) is 3.91. The van der Waals surface area contributed by atoms with E-state index in [-0.39, 0.29) is 11.3 Å². The first-order valence-electron chi connectivity index (χ1n) is 10.6. The second-order valence-corrected chi connectivity index (χ2v) is 7.83. The van der Waals surface area contributed by atoms with E-state index in [9.17, 15) is 14.7 Å². The molecule has 0 spiro atoms. The molecule has 1 amide bonds. The molecule has 2 aromatic carbocycles. The fraction of sp³-hybridized carbons (Fsp3) is 0.231. The van der Waals surface area contributed by atoms with Crippen LogP contribution in [0.15, 0.2) is 70.7 Å². The van der Waals surface area contributed by atoms with E-state index in [1.807, 2.05) is 32.0 Å². The first kappa shape index (κ1) is 21.4. The van der Waals surface area contributed by atoms with Crippen molar-refractivity contribution in [3.8, 4) is 5.75 Å². The van der Waals surface area contributed by atoms with Crippen molar-refractivity contribution < 1.29 is 23.8 Å². The van der Waals surface area contributed by atoms with Gasteiger partial charge in [0.1, 0.15) is 29.1 Å². The normalized spacial score (nSPS) is 17.7. The molecule has 164 valence electrons. The molecule has 1 aliphatic rings. The van der Waals surface area contributed by atoms with Gasteiger partial charge in [-0.05, 0) is 62.2 Å². The van der Waals surface area contributed by atoms with Gasteiger partial charge in [0.05, 0.1) is 12.2 Å². The smallest absolute Gasteiger partial charge is 0.300 e. The Morgan fingerprint density at radius 1 is 1.06 bits per heavy atom. The number of aliphatic hydroxyl groups excluding tert-OH is 1. The molecule has 6 heteroatoms. The van der Waals surface area contributed by atoms with Gasteiger partial charge in [-0.3, -0.25) is 14.5 Å². The molecule has 0 saturated carbocycles. The quantitative estimate of drug-likeness (QED) is 0.325. The number of nitrogens with zero attached hydrogens (tertiary/aromatic N) is 1. The second-order valence-electron chi connectivity index (χ2n) is 7.83. The van der Waals surface area contributed by atoms with Crippen LogP contribution in [0.5, 0.6) is 5.75 Å². The Kier molecular flexibility index (Phi) is 5.86. The molecule has 1 unspecified atom stereocenters. The number of Topliss-reactive ketones (excluding diaryl/α,β-unsaturated/α-hetero) is 1. The standard InChI is InChI=1S/C26H25NO5/c1-4-13-31-20-10-6-8-18(15-20)24(28)22-23(21-12-11-17(3)32-21)27(26(30)25(22)29)19-9-5-7-16(2)14-19/h5-12,14-15,23,28H,4,13H2,1-3H3/b24-22-. The largest absolute Gasteiger partial charge is 0.507 e. The summed E-state index contributed by atoms with van der Waals surface area (Å²) >= 11 is 0. The molecule has 0 radical (unpaired) electrons. The van der Waals surface area contributed by atoms with Crippen molar-refractivity contribution in [2.24, 2.45) is 0 Å². The number of carbonyl (C=O) groups excluding carboxylic acids is 2. The zero-order chi connectivity index (χ0) is 22.8. The summed E-state index contributed by atoms with van der Waals surface area (Å²) in [7, 11) is 0. The van der Waals surface area contributed by atoms with Crippen molar-refractivity contribution in [2.75, 3.05) is 11.5 Å². The Bertz CT molecular complexity index is 1210. The summed E-state index contributed by atoms with van der Waals surface area (Å²) in [6, 6.07) is 16.8. The third-order valence-corrected chi connectivity index (χ3v) is 5.34. The van der Waals surface area contributed by atoms with Crippen LogP contribution in [0.25, 0.3) is 5.76 Å². The summed E-state index contributed by atoms with van der Waals surface area (Å²) in [4.78, 5) is 27.7. The number of anilines is 1. The predicted molar refractivity (Wildman–Crippen MR) is 122 cm³/mol. The molecule has 6 nitrogen and oxygen atoms in total. The number of furan rings is 1. The number of hydrogen-bond donors (Lipinski definition) is 1. The monoisotopic (exact) mass is 431 g/mol. The van der Waals surface area contributed by atoms with E-state index in [1.165, 1.54) is 4.90 Å². The van der Waals surface area contributed by atoms with Crippen LogP contribution in [-0.4, -0.2) is 23.4 Å². The van der Waals surface area contributed by atoms with Crippen molar-refractivity contribution in [1.29, 1.82) is 0 Å². The van der Waals surface area contributed by atoms with Crippen molar-refractivity contribution in [3.63, 3.8) is 0 Å². The number of carbonyl (C=O) groups is 2. The van der Waals surface area contributed by atoms with Crippen LogP contribution in [0.2, 0.25) is 0 Å². The van der Waals surface area contributed by atoms with Gasteiger partial charge in [-0.2, -0.15) is 0 Å². The Hall–Kier alpha value is -3.80. The first-order chi connectivity index (χ1) is 15.4. The summed E-state index contributed by atoms with van der Waals surface area (Å²) in [6.07, 6.45) is 0.843. The number of ketones is 1. The number of aliphatic hydroxyl groups is 1. The number of rotatable bonds is 6. The third-order valence-electron chi connectivity index (χ3n) is 5.34. The molecule has 3 aromatic rings. The van der Waals surface area contributed by atoms with Crippen LogP contribution >= 0.6 is 0 Å². The van der Waals surface area contributed by atoms with E-state index in [0.717, 1.165) is 12.0 Å². The molecular weight excluding hydrogens is 406 g/mol. The van der Waals surface area contributed by atoms with Gasteiger partial charge in [0.15, 0.2) is 0 Å². The summed E-state index contributed by atoms with van der Waals surface area (Å²) < 4.78 is 11.5. The van der Waals surface area contributed by atoms with E-state index < -0.39 is 17.7 Å². The molecule has 1 N–H and O–H groups in total. The van der Waals surface area contributed by atoms with Gasteiger partial charge in [0, 0.05) is 11.3 Å². The first-order valence-corrected chi connectivity index (χ1v) is 10.6. The Morgan fingerprint density at radius 2 is 1.84 bits per heavy atom. The van der Waals surface area contributed by atoms with Gasteiger partial charge in [0.2, 0.25) is 0 Å². The molecule has 1 atom stereocenters. The van der Waals surface area contributed by atoms with Crippen LogP contribution in [0.1, 0.15) is 42.0 Å². The van der Waals surface area contributed by atoms with E-state index in [0.29, 0.717) is 35.1 Å². The van der Waals surface area contributed by atoms with Crippen molar-refractivity contribution in [1.82, 2.24) is 0 Å². The van der Waals surface area contributed by atoms with E-state index in [4.69, 9.17) is 9.15 Å². The minimum atomic E-state index is -0.884. The lowest BCUT2D eigenvalue weighted by molar-refractivity contribution is -0.132. The van der Waals surface area contributed by atoms with E-state index >= 15 is 0 Å². The van der Waals surface area contributed by atoms with Crippen LogP contribution < -0.4 is 9.64 Å². The highest BCUT2D eigenvalue weighted by atomic mass is 16.5. The van der Waals surface area contributed by atoms with Crippen LogP contribution in [-0.2, 0) is 9.59 Å². The zero-order valence-electron chi connectivity index (χ0n) is 18.3. The van der Waals surface area contributed by atoms with Crippen LogP contribution in [0, 0.1) is 13.8 Å². The SMILES string of the molecule is CCCOc1cccc(/C(O)=C2/C(=O)C(=O)N(c3cccc(C)c3)C2c2ccc(C)o2)c1. The Morgan fingerprint density at radius 3 is 2.53 bits per heavy atom. The maximum atomic E-state index is 13.2. The maximum Gasteiger partial charge on any atom is 0.300 e. The average molecular weight is 431 g/mol. The van der Waals surface area contributed by atoms with Crippen LogP contribution in [0.3, 0.4) is 0 Å². The van der Waals surface area contributed by atoms with Crippen molar-refractivity contribution >= 4 is 23.1 Å². The molecule has 1 fully saturated rings. The molecule has 0 bridgehead atoms. The highest BCUT2D eigenvalue weighted by Gasteiger charge is 2.48. The predicted octanol–water partition coefficient (Wildman–Crippen LogP) is 5.31. The lowest BCUT2D eigenvalue weighted by Gasteiger charge is -2.23. The van der Waals surface area contributed by atoms with Crippen molar-refractivity contribution in [3.05, 3.63) is 88.9 Å². The van der Waals surface area contributed by atoms with Gasteiger partial charge in [-0.25, -0.2) is 0 Å². The molecule has 1 aromatic heterocycles. The molecule has 1 saturated heterocycles. The summed E-state index contributed by atoms with van der Waals surface area (Å²) in [5.74, 6) is -0.112. The fourth-order valence-electron chi connectivity index (χ4n) is 3.85. The molecule has 2 heterocycles. The van der Waals surface area contributed by atoms with E-state index in [2.05, 4.69) is 0 Å². The van der Waals surface area contributed by atoms with Crippen molar-refractivity contribution in [2.45, 2.75) is 33.2 Å². The maximum absolute atomic E-state index is 13.2. The molecule has 4 rings (SSSR count). The van der Waals surface area contributed by atoms with Gasteiger partial charge < -0.3 is 14.3 Å². The van der Waals surface area contributed by atoms with Gasteiger partial charge in [-0.15, -0.1) is 0 Å². The Balaban J connectivity index is 1.88. The minimum absolute atomic E-state index is 0.0153. The number of amides is 1. The molecular formula is C26H25NO5. The van der Waals surface area contributed by atoms with Crippen LogP contribution in [0.4, 0.5) is 5.69 Å². The summed E-state index contributed by atoms with van der Waals surface area (Å²) in [6.45, 7) is 6.24. The zero-order valence-corrected chi connectivity index (χ0v) is 18.3. The highest BCUT2D eigenvalue weighted by Crippen LogP contribution is 2.43. The second kappa shape index (κ2) is 8.75. The average Bonchev–Trinajstić information content (AvgIpc) is 3.33. The Labute approximate surface area is 186 Å². The van der Waals surface area contributed by atoms with E-state index in [1.54, 1.807) is 49.4 Å². The lowest BCUT2D eigenvalue weighted by atomic mass is 9.99. The van der Waals surface area contributed by atoms with Gasteiger partial charge >= 0.3 is 0 Å². The number of ether oxygens (including phenoxy) is 1. The molecule has 32 heavy (non-hydrogen) atoms. The topological polar surface area (TPSA) is 80.0 Å². The lowest BCUT2D eigenvalue weighted by Crippen LogP contribution is -2.29. The molecule has 1 aliphatic heterocycles. The number of hydrogen-bond acceptors (Lipinski definition) is 5. The van der Waals surface area contributed by atoms with Gasteiger partial charge in [-0.1, -0.05) is 31.2 Å². The summed E-state index contributed by atoms with van der Waals surface area (Å²) in [5, 5.41) is 11.2. The number of aryl methyl sites for hydroxylation is 2. The fourth-order valence-corrected chi connectivity index (χ4v) is 3.85. The molecule has 0 aliphatic carbocycles.